The van der Waals surface area contributed by atoms with Crippen LogP contribution in [0.25, 0.3) is 0 Å². The number of nitrogens with one attached hydrogen (secondary N) is 1. The van der Waals surface area contributed by atoms with Crippen LogP contribution in [0.3, 0.4) is 0 Å². The second-order valence-corrected chi connectivity index (χ2v) is 7.49. The summed E-state index contributed by atoms with van der Waals surface area (Å²) in [7, 11) is -3.45. The van der Waals surface area contributed by atoms with Crippen molar-refractivity contribution in [2.45, 2.75) is 38.1 Å². The maximum absolute atomic E-state index is 12.1. The van der Waals surface area contributed by atoms with Gasteiger partial charge < -0.3 is 5.73 Å². The Labute approximate surface area is 124 Å². The average molecular weight is 349 g/mol. The van der Waals surface area contributed by atoms with Gasteiger partial charge in [0.05, 0.1) is 4.90 Å². The Morgan fingerprint density at radius 3 is 2.58 bits per heavy atom. The summed E-state index contributed by atoms with van der Waals surface area (Å²) in [6, 6.07) is 5.05. The Hall–Kier alpha value is -0.430. The minimum absolute atomic E-state index is 0.259. The lowest BCUT2D eigenvalue weighted by molar-refractivity contribution is 0.539. The van der Waals surface area contributed by atoms with Crippen LogP contribution in [0.15, 0.2) is 27.6 Å². The highest BCUT2D eigenvalue weighted by Gasteiger charge is 2.17. The molecule has 0 fully saturated rings. The standard InChI is InChI=1S/C13H21BrN2O2S/c1-10(2)4-3-7-16-19(17,18)13-6-5-11(9-15)8-12(13)14/h5-6,8,10,16H,3-4,7,9,15H2,1-2H3. The minimum atomic E-state index is -3.45. The van der Waals surface area contributed by atoms with Crippen molar-refractivity contribution in [3.63, 3.8) is 0 Å². The van der Waals surface area contributed by atoms with Gasteiger partial charge in [-0.3, -0.25) is 0 Å². The van der Waals surface area contributed by atoms with Crippen molar-refractivity contribution in [2.75, 3.05) is 6.54 Å². The first-order valence-electron chi connectivity index (χ1n) is 6.35. The molecule has 1 aromatic carbocycles. The van der Waals surface area contributed by atoms with Crippen LogP contribution >= 0.6 is 15.9 Å². The summed E-state index contributed by atoms with van der Waals surface area (Å²) in [6.07, 6.45) is 1.85. The van der Waals surface area contributed by atoms with Gasteiger partial charge >= 0.3 is 0 Å². The molecule has 0 radical (unpaired) electrons. The van der Waals surface area contributed by atoms with Crippen LogP contribution in [-0.4, -0.2) is 15.0 Å². The number of nitrogens with two attached hydrogens (primary N) is 1. The third-order valence-electron chi connectivity index (χ3n) is 2.77. The van der Waals surface area contributed by atoms with E-state index in [0.29, 0.717) is 23.5 Å². The number of rotatable bonds is 7. The van der Waals surface area contributed by atoms with E-state index in [0.717, 1.165) is 18.4 Å². The molecule has 0 saturated carbocycles. The first kappa shape index (κ1) is 16.6. The van der Waals surface area contributed by atoms with Gasteiger partial charge in [-0.05, 0) is 52.4 Å². The number of benzene rings is 1. The molecular formula is C13H21BrN2O2S. The lowest BCUT2D eigenvalue weighted by Crippen LogP contribution is -2.25. The SMILES string of the molecule is CC(C)CCCNS(=O)(=O)c1ccc(CN)cc1Br. The molecule has 0 aliphatic rings. The van der Waals surface area contributed by atoms with E-state index in [9.17, 15) is 8.42 Å². The lowest BCUT2D eigenvalue weighted by Gasteiger charge is -2.10. The molecule has 6 heteroatoms. The van der Waals surface area contributed by atoms with Gasteiger partial charge in [0, 0.05) is 17.6 Å². The van der Waals surface area contributed by atoms with Gasteiger partial charge in [0.1, 0.15) is 0 Å². The Morgan fingerprint density at radius 1 is 1.37 bits per heavy atom. The van der Waals surface area contributed by atoms with Gasteiger partial charge in [-0.25, -0.2) is 13.1 Å². The van der Waals surface area contributed by atoms with E-state index in [-0.39, 0.29) is 4.90 Å². The van der Waals surface area contributed by atoms with E-state index in [4.69, 9.17) is 5.73 Å². The van der Waals surface area contributed by atoms with Crippen LogP contribution in [0, 0.1) is 5.92 Å². The maximum atomic E-state index is 12.1. The van der Waals surface area contributed by atoms with Gasteiger partial charge in [0.25, 0.3) is 0 Å². The monoisotopic (exact) mass is 348 g/mol. The van der Waals surface area contributed by atoms with Crippen molar-refractivity contribution < 1.29 is 8.42 Å². The zero-order chi connectivity index (χ0) is 14.5. The van der Waals surface area contributed by atoms with Gasteiger partial charge in [-0.2, -0.15) is 0 Å². The number of halogens is 1. The molecule has 4 nitrogen and oxygen atoms in total. The first-order chi connectivity index (χ1) is 8.86. The fourth-order valence-corrected chi connectivity index (χ4v) is 3.88. The molecule has 0 spiro atoms. The van der Waals surface area contributed by atoms with Gasteiger partial charge in [0.15, 0.2) is 0 Å². The molecule has 0 heterocycles. The van der Waals surface area contributed by atoms with Gasteiger partial charge in [0.2, 0.25) is 10.0 Å². The summed E-state index contributed by atoms with van der Waals surface area (Å²) in [5, 5.41) is 0. The quantitative estimate of drug-likeness (QED) is 0.744. The number of hydrogen-bond acceptors (Lipinski definition) is 3. The van der Waals surface area contributed by atoms with Crippen molar-refractivity contribution in [3.05, 3.63) is 28.2 Å². The second kappa shape index (κ2) is 7.38. The van der Waals surface area contributed by atoms with Crippen molar-refractivity contribution >= 4 is 26.0 Å². The summed E-state index contributed by atoms with van der Waals surface area (Å²) >= 11 is 3.28. The van der Waals surface area contributed by atoms with Gasteiger partial charge in [-0.1, -0.05) is 19.9 Å². The highest BCUT2D eigenvalue weighted by molar-refractivity contribution is 9.10. The largest absolute Gasteiger partial charge is 0.326 e. The van der Waals surface area contributed by atoms with Crippen LogP contribution in [0.2, 0.25) is 0 Å². The topological polar surface area (TPSA) is 72.2 Å². The predicted octanol–water partition coefficient (Wildman–Crippen LogP) is 2.62. The third-order valence-corrected chi connectivity index (χ3v) is 5.21. The van der Waals surface area contributed by atoms with Crippen molar-refractivity contribution in [1.82, 2.24) is 4.72 Å². The molecule has 3 N–H and O–H groups in total. The molecule has 19 heavy (non-hydrogen) atoms. The summed E-state index contributed by atoms with van der Waals surface area (Å²) in [6.45, 7) is 5.10. The Morgan fingerprint density at radius 2 is 2.05 bits per heavy atom. The summed E-state index contributed by atoms with van der Waals surface area (Å²) in [4.78, 5) is 0.259. The van der Waals surface area contributed by atoms with Gasteiger partial charge in [-0.15, -0.1) is 0 Å². The molecule has 0 atom stereocenters. The van der Waals surface area contributed by atoms with E-state index in [2.05, 4.69) is 34.5 Å². The molecule has 0 amide bonds. The summed E-state index contributed by atoms with van der Waals surface area (Å²) in [5.74, 6) is 0.583. The van der Waals surface area contributed by atoms with Crippen LogP contribution in [0.5, 0.6) is 0 Å². The fraction of sp³-hybridized carbons (Fsp3) is 0.538. The highest BCUT2D eigenvalue weighted by Crippen LogP contribution is 2.23. The van der Waals surface area contributed by atoms with E-state index < -0.39 is 10.0 Å². The molecule has 1 rings (SSSR count). The number of hydrogen-bond donors (Lipinski definition) is 2. The normalized spacial score (nSPS) is 12.1. The smallest absolute Gasteiger partial charge is 0.241 e. The van der Waals surface area contributed by atoms with Crippen LogP contribution in [-0.2, 0) is 16.6 Å². The summed E-state index contributed by atoms with van der Waals surface area (Å²) < 4.78 is 27.4. The molecule has 0 saturated heterocycles. The Kier molecular flexibility index (Phi) is 6.46. The van der Waals surface area contributed by atoms with E-state index >= 15 is 0 Å². The molecule has 0 aliphatic heterocycles. The second-order valence-electron chi connectivity index (χ2n) is 4.90. The van der Waals surface area contributed by atoms with Crippen LogP contribution < -0.4 is 10.5 Å². The molecule has 0 bridgehead atoms. The van der Waals surface area contributed by atoms with E-state index in [1.54, 1.807) is 18.2 Å². The first-order valence-corrected chi connectivity index (χ1v) is 8.62. The molecule has 0 aromatic heterocycles. The van der Waals surface area contributed by atoms with Crippen molar-refractivity contribution in [3.8, 4) is 0 Å². The Balaban J connectivity index is 2.72. The average Bonchev–Trinajstić information content (AvgIpc) is 2.34. The molecule has 0 aliphatic carbocycles. The predicted molar refractivity (Wildman–Crippen MR) is 81.3 cm³/mol. The maximum Gasteiger partial charge on any atom is 0.241 e. The Bertz CT molecular complexity index is 515. The minimum Gasteiger partial charge on any atom is -0.326 e. The number of sulfonamides is 1. The van der Waals surface area contributed by atoms with Crippen molar-refractivity contribution in [2.24, 2.45) is 11.7 Å². The van der Waals surface area contributed by atoms with E-state index in [1.165, 1.54) is 0 Å². The molecular weight excluding hydrogens is 328 g/mol. The van der Waals surface area contributed by atoms with Crippen LogP contribution in [0.4, 0.5) is 0 Å². The molecule has 108 valence electrons. The van der Waals surface area contributed by atoms with Crippen LogP contribution in [0.1, 0.15) is 32.3 Å². The van der Waals surface area contributed by atoms with Crippen molar-refractivity contribution in [1.29, 1.82) is 0 Å². The molecule has 0 unspecified atom stereocenters. The van der Waals surface area contributed by atoms with E-state index in [1.807, 2.05) is 0 Å². The lowest BCUT2D eigenvalue weighted by atomic mass is 10.1. The fourth-order valence-electron chi connectivity index (χ4n) is 1.68. The molecule has 1 aromatic rings. The highest BCUT2D eigenvalue weighted by atomic mass is 79.9. The third kappa shape index (κ3) is 5.22. The summed E-state index contributed by atoms with van der Waals surface area (Å²) in [5.41, 5.74) is 6.41. The zero-order valence-electron chi connectivity index (χ0n) is 11.3. The zero-order valence-corrected chi connectivity index (χ0v) is 13.7.